The second-order valence-corrected chi connectivity index (χ2v) is 7.38. The summed E-state index contributed by atoms with van der Waals surface area (Å²) in [5.74, 6) is 3.00. The molecule has 2 heterocycles. The molecule has 30 heavy (non-hydrogen) atoms. The highest BCUT2D eigenvalue weighted by Gasteiger charge is 2.31. The molecule has 0 fully saturated rings. The van der Waals surface area contributed by atoms with Gasteiger partial charge in [0.15, 0.2) is 11.5 Å². The lowest BCUT2D eigenvalue weighted by molar-refractivity contribution is 0.167. The van der Waals surface area contributed by atoms with Gasteiger partial charge in [-0.2, -0.15) is 0 Å². The molecule has 0 N–H and O–H groups in total. The fraction of sp³-hybridized carbons (Fsp3) is 0.240. The van der Waals surface area contributed by atoms with Gasteiger partial charge in [-0.15, -0.1) is 0 Å². The van der Waals surface area contributed by atoms with E-state index in [1.54, 1.807) is 0 Å². The van der Waals surface area contributed by atoms with E-state index >= 15 is 0 Å². The van der Waals surface area contributed by atoms with Crippen LogP contribution in [-0.4, -0.2) is 19.3 Å². The third-order valence-corrected chi connectivity index (χ3v) is 5.46. The largest absolute Gasteiger partial charge is 0.494 e. The molecule has 3 aromatic carbocycles. The molecule has 0 bridgehead atoms. The summed E-state index contributed by atoms with van der Waals surface area (Å²) < 4.78 is 23.4. The summed E-state index contributed by atoms with van der Waals surface area (Å²) >= 11 is 0. The number of hydrogen-bond acceptors (Lipinski definition) is 5. The first-order valence-corrected chi connectivity index (χ1v) is 10.2. The molecular weight excluding hydrogens is 378 g/mol. The van der Waals surface area contributed by atoms with Gasteiger partial charge in [-0.05, 0) is 60.5 Å². The normalized spacial score (nSPS) is 19.3. The summed E-state index contributed by atoms with van der Waals surface area (Å²) in [5.41, 5.74) is 3.95. The van der Waals surface area contributed by atoms with E-state index in [1.807, 2.05) is 67.6 Å². The molecule has 0 aromatic heterocycles. The Balaban J connectivity index is 1.62. The van der Waals surface area contributed by atoms with Crippen LogP contribution in [0.25, 0.3) is 0 Å². The van der Waals surface area contributed by atoms with E-state index < -0.39 is 0 Å². The summed E-state index contributed by atoms with van der Waals surface area (Å²) in [6, 6.07) is 22.0. The first-order valence-electron chi connectivity index (χ1n) is 10.2. The minimum Gasteiger partial charge on any atom is -0.494 e. The minimum atomic E-state index is -0.239. The van der Waals surface area contributed by atoms with Crippen LogP contribution in [0.3, 0.4) is 0 Å². The van der Waals surface area contributed by atoms with Crippen molar-refractivity contribution in [2.24, 2.45) is 4.99 Å². The van der Waals surface area contributed by atoms with E-state index in [4.69, 9.17) is 23.9 Å². The van der Waals surface area contributed by atoms with Crippen molar-refractivity contribution < 1.29 is 18.9 Å². The van der Waals surface area contributed by atoms with E-state index in [-0.39, 0.29) is 18.8 Å². The predicted molar refractivity (Wildman–Crippen MR) is 115 cm³/mol. The molecular formula is C25H23NO4. The Bertz CT molecular complexity index is 1090. The van der Waals surface area contributed by atoms with Crippen LogP contribution < -0.4 is 14.2 Å². The van der Waals surface area contributed by atoms with Gasteiger partial charge in [-0.25, -0.2) is 4.99 Å². The highest BCUT2D eigenvalue weighted by molar-refractivity contribution is 5.96. The molecule has 0 amide bonds. The Hall–Kier alpha value is -3.47. The number of benzene rings is 3. The second-order valence-electron chi connectivity index (χ2n) is 7.38. The first-order chi connectivity index (χ1) is 14.7. The summed E-state index contributed by atoms with van der Waals surface area (Å²) in [5, 5.41) is 0. The van der Waals surface area contributed by atoms with Gasteiger partial charge in [0.05, 0.1) is 12.3 Å². The quantitative estimate of drug-likeness (QED) is 0.557. The van der Waals surface area contributed by atoms with Gasteiger partial charge in [0, 0.05) is 11.5 Å². The van der Waals surface area contributed by atoms with E-state index in [0.29, 0.717) is 12.5 Å². The predicted octanol–water partition coefficient (Wildman–Crippen LogP) is 5.77. The maximum Gasteiger partial charge on any atom is 0.231 e. The molecule has 5 rings (SSSR count). The first kappa shape index (κ1) is 18.6. The number of fused-ring (bicyclic) bond motifs is 2. The summed E-state index contributed by atoms with van der Waals surface area (Å²) in [7, 11) is 0. The molecule has 0 radical (unpaired) electrons. The summed E-state index contributed by atoms with van der Waals surface area (Å²) in [4.78, 5) is 4.89. The average Bonchev–Trinajstić information content (AvgIpc) is 3.20. The Morgan fingerprint density at radius 3 is 2.63 bits per heavy atom. The third kappa shape index (κ3) is 3.36. The van der Waals surface area contributed by atoms with Gasteiger partial charge in [-0.3, -0.25) is 0 Å². The van der Waals surface area contributed by atoms with E-state index in [1.165, 1.54) is 0 Å². The molecule has 0 aliphatic carbocycles. The van der Waals surface area contributed by atoms with Crippen molar-refractivity contribution in [1.29, 1.82) is 0 Å². The van der Waals surface area contributed by atoms with Gasteiger partial charge in [0.2, 0.25) is 12.7 Å². The molecule has 3 aromatic rings. The molecule has 2 aliphatic heterocycles. The number of rotatable bonds is 4. The van der Waals surface area contributed by atoms with Crippen molar-refractivity contribution in [3.63, 3.8) is 0 Å². The summed E-state index contributed by atoms with van der Waals surface area (Å²) in [6.45, 7) is 5.01. The monoisotopic (exact) mass is 401 g/mol. The molecule has 2 atom stereocenters. The van der Waals surface area contributed by atoms with Crippen LogP contribution in [0, 0.1) is 0 Å². The fourth-order valence-electron chi connectivity index (χ4n) is 3.94. The Kier molecular flexibility index (Phi) is 4.79. The zero-order valence-corrected chi connectivity index (χ0v) is 17.0. The van der Waals surface area contributed by atoms with Gasteiger partial charge in [-0.1, -0.05) is 31.2 Å². The number of nitrogens with zero attached hydrogens (tertiary/aromatic N) is 1. The van der Waals surface area contributed by atoms with Crippen molar-refractivity contribution in [3.8, 4) is 17.2 Å². The Labute approximate surface area is 175 Å². The smallest absolute Gasteiger partial charge is 0.231 e. The van der Waals surface area contributed by atoms with Crippen LogP contribution in [0.2, 0.25) is 0 Å². The van der Waals surface area contributed by atoms with E-state index in [9.17, 15) is 0 Å². The van der Waals surface area contributed by atoms with Gasteiger partial charge in [0.1, 0.15) is 11.9 Å². The third-order valence-electron chi connectivity index (χ3n) is 5.46. The lowest BCUT2D eigenvalue weighted by atomic mass is 9.89. The van der Waals surface area contributed by atoms with Crippen LogP contribution in [0.15, 0.2) is 71.7 Å². The second kappa shape index (κ2) is 7.75. The van der Waals surface area contributed by atoms with Crippen LogP contribution in [0.5, 0.6) is 17.2 Å². The molecule has 152 valence electrons. The van der Waals surface area contributed by atoms with Crippen molar-refractivity contribution in [1.82, 2.24) is 0 Å². The average molecular weight is 401 g/mol. The van der Waals surface area contributed by atoms with Crippen LogP contribution in [0.1, 0.15) is 42.6 Å². The lowest BCUT2D eigenvalue weighted by Gasteiger charge is -2.25. The highest BCUT2D eigenvalue weighted by atomic mass is 16.7. The highest BCUT2D eigenvalue weighted by Crippen LogP contribution is 2.45. The topological polar surface area (TPSA) is 49.3 Å². The fourth-order valence-corrected chi connectivity index (χ4v) is 3.94. The van der Waals surface area contributed by atoms with Crippen LogP contribution >= 0.6 is 0 Å². The minimum absolute atomic E-state index is 0.0470. The lowest BCUT2D eigenvalue weighted by Crippen LogP contribution is -2.16. The van der Waals surface area contributed by atoms with Crippen molar-refractivity contribution in [2.45, 2.75) is 25.9 Å². The van der Waals surface area contributed by atoms with Gasteiger partial charge in [0.25, 0.3) is 0 Å². The molecule has 0 saturated heterocycles. The van der Waals surface area contributed by atoms with Crippen molar-refractivity contribution in [3.05, 3.63) is 83.4 Å². The maximum atomic E-state index is 6.55. The van der Waals surface area contributed by atoms with Crippen molar-refractivity contribution in [2.75, 3.05) is 13.4 Å². The molecule has 2 aliphatic rings. The number of aliphatic imine (C=N–C) groups is 1. The maximum absolute atomic E-state index is 6.55. The molecule has 5 heteroatoms. The molecule has 0 unspecified atom stereocenters. The van der Waals surface area contributed by atoms with Gasteiger partial charge < -0.3 is 18.9 Å². The Morgan fingerprint density at radius 1 is 0.967 bits per heavy atom. The molecule has 0 spiro atoms. The molecule has 5 nitrogen and oxygen atoms in total. The van der Waals surface area contributed by atoms with Crippen molar-refractivity contribution >= 4 is 11.6 Å². The van der Waals surface area contributed by atoms with E-state index in [0.717, 1.165) is 39.6 Å². The molecule has 0 saturated carbocycles. The number of ether oxygens (including phenoxy) is 4. The van der Waals surface area contributed by atoms with E-state index in [2.05, 4.69) is 13.0 Å². The summed E-state index contributed by atoms with van der Waals surface area (Å²) in [6.07, 6.45) is -0.239. The Morgan fingerprint density at radius 2 is 1.80 bits per heavy atom. The van der Waals surface area contributed by atoms with Crippen LogP contribution in [0.4, 0.5) is 5.69 Å². The zero-order chi connectivity index (χ0) is 20.5. The SMILES string of the molecule is CCOc1ccc2c(c1)[C@@H](C)[C@H](c1ccc3c(c1)OCO3)OC(c1ccccc1)=N2. The van der Waals surface area contributed by atoms with Gasteiger partial charge >= 0.3 is 0 Å². The standard InChI is InChI=1S/C25H23NO4/c1-3-27-19-10-11-21-20(14-19)16(2)24(18-9-12-22-23(13-18)29-15-28-22)30-25(26-21)17-7-5-4-6-8-17/h4-14,16,24H,3,15H2,1-2H3/t16-,24-/m1/s1. The van der Waals surface area contributed by atoms with Crippen LogP contribution in [-0.2, 0) is 4.74 Å². The zero-order valence-electron chi connectivity index (χ0n) is 17.0. The number of hydrogen-bond donors (Lipinski definition) is 0.